The molecule has 2 saturated heterocycles. The molecule has 19 heavy (non-hydrogen) atoms. The average molecular weight is 261 g/mol. The van der Waals surface area contributed by atoms with Crippen molar-refractivity contribution in [2.75, 3.05) is 24.5 Å². The van der Waals surface area contributed by atoms with Gasteiger partial charge in [0.1, 0.15) is 5.82 Å². The molecule has 3 heterocycles. The molecule has 4 rings (SSSR count). The van der Waals surface area contributed by atoms with E-state index in [0.717, 1.165) is 43.2 Å². The number of nitrogens with one attached hydrogen (secondary N) is 2. The van der Waals surface area contributed by atoms with Crippen LogP contribution in [0.3, 0.4) is 0 Å². The van der Waals surface area contributed by atoms with Gasteiger partial charge in [-0.25, -0.2) is 0 Å². The summed E-state index contributed by atoms with van der Waals surface area (Å²) in [4.78, 5) is 7.21. The number of aromatic nitrogens is 3. The van der Waals surface area contributed by atoms with E-state index in [1.54, 1.807) is 0 Å². The fourth-order valence-corrected chi connectivity index (χ4v) is 3.73. The van der Waals surface area contributed by atoms with E-state index in [4.69, 9.17) is 4.98 Å². The summed E-state index contributed by atoms with van der Waals surface area (Å²) in [5.74, 6) is 4.19. The zero-order valence-corrected chi connectivity index (χ0v) is 11.6. The molecule has 0 aromatic carbocycles. The normalized spacial score (nSPS) is 32.4. The van der Waals surface area contributed by atoms with Crippen molar-refractivity contribution < 1.29 is 0 Å². The van der Waals surface area contributed by atoms with Crippen LogP contribution in [0.25, 0.3) is 0 Å². The molecule has 1 aromatic heterocycles. The monoisotopic (exact) mass is 261 g/mol. The summed E-state index contributed by atoms with van der Waals surface area (Å²) in [7, 11) is 0. The molecule has 5 heteroatoms. The third-order valence-electron chi connectivity index (χ3n) is 5.19. The van der Waals surface area contributed by atoms with Crippen LogP contribution < -0.4 is 10.2 Å². The van der Waals surface area contributed by atoms with E-state index >= 15 is 0 Å². The van der Waals surface area contributed by atoms with Gasteiger partial charge in [0.25, 0.3) is 0 Å². The Morgan fingerprint density at radius 2 is 2.16 bits per heavy atom. The minimum atomic E-state index is 0.545. The number of aromatic amines is 1. The molecule has 104 valence electrons. The van der Waals surface area contributed by atoms with Crippen molar-refractivity contribution in [3.63, 3.8) is 0 Å². The quantitative estimate of drug-likeness (QED) is 0.866. The molecule has 3 aliphatic rings. The number of rotatable bonds is 3. The first-order valence-electron chi connectivity index (χ1n) is 7.72. The Bertz CT molecular complexity index is 452. The number of fused-ring (bicyclic) bond motifs is 1. The molecule has 3 fully saturated rings. The van der Waals surface area contributed by atoms with Gasteiger partial charge < -0.3 is 10.2 Å². The Hall–Kier alpha value is -1.10. The second kappa shape index (κ2) is 4.47. The number of piperidine rings is 1. The number of nitrogens with zero attached hydrogens (tertiary/aromatic N) is 3. The third kappa shape index (κ3) is 2.04. The maximum absolute atomic E-state index is 4.79. The van der Waals surface area contributed by atoms with Crippen LogP contribution in [0.4, 0.5) is 5.95 Å². The van der Waals surface area contributed by atoms with Crippen molar-refractivity contribution in [1.82, 2.24) is 20.5 Å². The molecule has 1 saturated carbocycles. The molecule has 2 aliphatic heterocycles. The molecule has 0 spiro atoms. The van der Waals surface area contributed by atoms with Crippen molar-refractivity contribution in [2.45, 2.75) is 44.6 Å². The van der Waals surface area contributed by atoms with E-state index in [1.165, 1.54) is 25.7 Å². The van der Waals surface area contributed by atoms with Gasteiger partial charge in [0.05, 0.1) is 0 Å². The molecule has 3 atom stereocenters. The third-order valence-corrected chi connectivity index (χ3v) is 5.19. The standard InChI is InChI=1S/C14H23N5/c1-9(10-4-5-10)13-16-14(18-17-13)19-6-2-3-11-7-15-8-12(11)19/h9-12,15H,2-8H2,1H3,(H,16,17,18). The van der Waals surface area contributed by atoms with Crippen LogP contribution in [-0.2, 0) is 0 Å². The van der Waals surface area contributed by atoms with E-state index in [1.807, 2.05) is 0 Å². The van der Waals surface area contributed by atoms with Crippen LogP contribution in [0.15, 0.2) is 0 Å². The highest BCUT2D eigenvalue weighted by Gasteiger charge is 2.37. The van der Waals surface area contributed by atoms with Crippen LogP contribution in [0.5, 0.6) is 0 Å². The summed E-state index contributed by atoms with van der Waals surface area (Å²) in [6.07, 6.45) is 5.33. The molecule has 1 aromatic rings. The second-order valence-electron chi connectivity index (χ2n) is 6.47. The highest BCUT2D eigenvalue weighted by Crippen LogP contribution is 2.41. The van der Waals surface area contributed by atoms with Crippen LogP contribution in [0, 0.1) is 11.8 Å². The Kier molecular flexibility index (Phi) is 2.76. The van der Waals surface area contributed by atoms with Gasteiger partial charge in [-0.2, -0.15) is 4.98 Å². The lowest BCUT2D eigenvalue weighted by atomic mass is 9.92. The lowest BCUT2D eigenvalue weighted by Crippen LogP contribution is -2.45. The maximum Gasteiger partial charge on any atom is 0.245 e. The Morgan fingerprint density at radius 1 is 1.26 bits per heavy atom. The fraction of sp³-hybridized carbons (Fsp3) is 0.857. The van der Waals surface area contributed by atoms with E-state index in [0.29, 0.717) is 12.0 Å². The molecule has 5 nitrogen and oxygen atoms in total. The summed E-state index contributed by atoms with van der Waals surface area (Å²) in [5, 5.41) is 11.2. The van der Waals surface area contributed by atoms with E-state index in [2.05, 4.69) is 27.3 Å². The number of hydrogen-bond donors (Lipinski definition) is 2. The van der Waals surface area contributed by atoms with Crippen molar-refractivity contribution >= 4 is 5.95 Å². The first-order valence-corrected chi connectivity index (χ1v) is 7.72. The summed E-state index contributed by atoms with van der Waals surface area (Å²) < 4.78 is 0. The fourth-order valence-electron chi connectivity index (χ4n) is 3.73. The van der Waals surface area contributed by atoms with Crippen LogP contribution in [0.1, 0.15) is 44.3 Å². The van der Waals surface area contributed by atoms with Crippen LogP contribution in [-0.4, -0.2) is 40.9 Å². The maximum atomic E-state index is 4.79. The van der Waals surface area contributed by atoms with E-state index < -0.39 is 0 Å². The number of anilines is 1. The average Bonchev–Trinajstić information content (AvgIpc) is 2.98. The topological polar surface area (TPSA) is 56.8 Å². The van der Waals surface area contributed by atoms with Crippen LogP contribution >= 0.6 is 0 Å². The van der Waals surface area contributed by atoms with Crippen molar-refractivity contribution in [2.24, 2.45) is 11.8 Å². The Labute approximate surface area is 114 Å². The van der Waals surface area contributed by atoms with E-state index in [9.17, 15) is 0 Å². The minimum Gasteiger partial charge on any atom is -0.335 e. The molecule has 2 N–H and O–H groups in total. The highest BCUT2D eigenvalue weighted by molar-refractivity contribution is 5.34. The van der Waals surface area contributed by atoms with Gasteiger partial charge >= 0.3 is 0 Å². The van der Waals surface area contributed by atoms with Gasteiger partial charge in [0.15, 0.2) is 0 Å². The summed E-state index contributed by atoms with van der Waals surface area (Å²) in [5.41, 5.74) is 0. The Morgan fingerprint density at radius 3 is 3.00 bits per heavy atom. The van der Waals surface area contributed by atoms with Gasteiger partial charge in [0, 0.05) is 31.6 Å². The largest absolute Gasteiger partial charge is 0.335 e. The summed E-state index contributed by atoms with van der Waals surface area (Å²) in [6.45, 7) is 5.64. The molecule has 3 unspecified atom stereocenters. The van der Waals surface area contributed by atoms with Crippen molar-refractivity contribution in [3.8, 4) is 0 Å². The molecule has 0 bridgehead atoms. The smallest absolute Gasteiger partial charge is 0.245 e. The minimum absolute atomic E-state index is 0.545. The molecule has 0 amide bonds. The predicted octanol–water partition coefficient (Wildman–Crippen LogP) is 1.51. The lowest BCUT2D eigenvalue weighted by Gasteiger charge is -2.36. The molecular formula is C14H23N5. The molecule has 0 radical (unpaired) electrons. The van der Waals surface area contributed by atoms with Gasteiger partial charge in [-0.3, -0.25) is 5.10 Å². The van der Waals surface area contributed by atoms with Crippen molar-refractivity contribution in [1.29, 1.82) is 0 Å². The zero-order chi connectivity index (χ0) is 12.8. The predicted molar refractivity (Wildman–Crippen MR) is 74.2 cm³/mol. The number of H-pyrrole nitrogens is 1. The van der Waals surface area contributed by atoms with Crippen LogP contribution in [0.2, 0.25) is 0 Å². The molecular weight excluding hydrogens is 238 g/mol. The first kappa shape index (κ1) is 11.7. The Balaban J connectivity index is 1.54. The lowest BCUT2D eigenvalue weighted by molar-refractivity contribution is 0.381. The van der Waals surface area contributed by atoms with E-state index in [-0.39, 0.29) is 0 Å². The van der Waals surface area contributed by atoms with Gasteiger partial charge in [-0.05, 0) is 37.5 Å². The second-order valence-corrected chi connectivity index (χ2v) is 6.47. The van der Waals surface area contributed by atoms with Gasteiger partial charge in [0.2, 0.25) is 5.95 Å². The SMILES string of the molecule is CC(c1nc(N2CCCC3CNCC32)n[nH]1)C1CC1. The molecule has 1 aliphatic carbocycles. The number of hydrogen-bond acceptors (Lipinski definition) is 4. The summed E-state index contributed by atoms with van der Waals surface area (Å²) in [6, 6.07) is 0.605. The summed E-state index contributed by atoms with van der Waals surface area (Å²) >= 11 is 0. The highest BCUT2D eigenvalue weighted by atomic mass is 15.4. The first-order chi connectivity index (χ1) is 9.33. The van der Waals surface area contributed by atoms with Gasteiger partial charge in [-0.1, -0.05) is 6.92 Å². The van der Waals surface area contributed by atoms with Crippen molar-refractivity contribution in [3.05, 3.63) is 5.82 Å². The zero-order valence-electron chi connectivity index (χ0n) is 11.6. The van der Waals surface area contributed by atoms with Gasteiger partial charge in [-0.15, -0.1) is 5.10 Å².